The van der Waals surface area contributed by atoms with Crippen LogP contribution in [0.15, 0.2) is 35.1 Å². The Kier molecular flexibility index (Phi) is 5.33. The number of aryl methyl sites for hydroxylation is 1. The maximum atomic E-state index is 12.8. The fourth-order valence-corrected chi connectivity index (χ4v) is 3.61. The first kappa shape index (κ1) is 17.1. The van der Waals surface area contributed by atoms with Gasteiger partial charge in [-0.3, -0.25) is 9.48 Å². The number of halogens is 1. The Balaban J connectivity index is 1.78. The van der Waals surface area contributed by atoms with Gasteiger partial charge in [-0.1, -0.05) is 22.0 Å². The molecule has 0 bridgehead atoms. The van der Waals surface area contributed by atoms with Crippen molar-refractivity contribution in [1.82, 2.24) is 15.1 Å². The third kappa shape index (κ3) is 3.53. The molecule has 2 aromatic rings. The Hall–Kier alpha value is -1.70. The lowest BCUT2D eigenvalue weighted by atomic mass is 9.90. The van der Waals surface area contributed by atoms with Gasteiger partial charge in [0.1, 0.15) is 0 Å². The van der Waals surface area contributed by atoms with Crippen LogP contribution in [-0.2, 0) is 23.2 Å². The Bertz CT molecular complexity index is 731. The Morgan fingerprint density at radius 3 is 3.04 bits per heavy atom. The number of hydrogen-bond donors (Lipinski definition) is 2. The van der Waals surface area contributed by atoms with E-state index in [2.05, 4.69) is 31.7 Å². The summed E-state index contributed by atoms with van der Waals surface area (Å²) in [5.74, 6) is 0.0320. The van der Waals surface area contributed by atoms with Gasteiger partial charge >= 0.3 is 0 Å². The maximum Gasteiger partial charge on any atom is 0.229 e. The van der Waals surface area contributed by atoms with Gasteiger partial charge in [-0.2, -0.15) is 5.10 Å². The van der Waals surface area contributed by atoms with E-state index in [1.807, 2.05) is 37.6 Å². The lowest BCUT2D eigenvalue weighted by molar-refractivity contribution is -0.119. The second-order valence-corrected chi connectivity index (χ2v) is 6.86. The molecule has 1 aliphatic rings. The number of benzene rings is 1. The lowest BCUT2D eigenvalue weighted by Gasteiger charge is -2.19. The summed E-state index contributed by atoms with van der Waals surface area (Å²) in [5.41, 5.74) is 2.82. The largest absolute Gasteiger partial charge is 0.380 e. The van der Waals surface area contributed by atoms with E-state index in [-0.39, 0.29) is 17.7 Å². The summed E-state index contributed by atoms with van der Waals surface area (Å²) in [4.78, 5) is 12.8. The normalized spacial score (nSPS) is 20.3. The minimum atomic E-state index is -0.122. The van der Waals surface area contributed by atoms with E-state index >= 15 is 0 Å². The molecule has 0 aliphatic carbocycles. The van der Waals surface area contributed by atoms with E-state index in [1.165, 1.54) is 0 Å². The smallest absolute Gasteiger partial charge is 0.229 e. The van der Waals surface area contributed by atoms with E-state index < -0.39 is 0 Å². The highest BCUT2D eigenvalue weighted by atomic mass is 79.9. The highest BCUT2D eigenvalue weighted by molar-refractivity contribution is 9.10. The van der Waals surface area contributed by atoms with Crippen LogP contribution in [0.4, 0.5) is 5.69 Å². The number of ether oxygens (including phenoxy) is 1. The highest BCUT2D eigenvalue weighted by Crippen LogP contribution is 2.31. The standard InChI is InChI=1S/C17H21BrN4O2/c1-22-9-11(6-20-22)12-7-19-8-13(12)17(23)21-16-5-3-4-15(18)14(16)10-24-2/h3-6,9,12-13,19H,7-8,10H2,1-2H3,(H,21,23)/t12-,13+/m1/s1. The van der Waals surface area contributed by atoms with Crippen LogP contribution in [0.5, 0.6) is 0 Å². The number of anilines is 1. The molecule has 0 unspecified atom stereocenters. The Morgan fingerprint density at radius 1 is 1.50 bits per heavy atom. The molecule has 3 rings (SSSR count). The van der Waals surface area contributed by atoms with Crippen molar-refractivity contribution in [3.63, 3.8) is 0 Å². The van der Waals surface area contributed by atoms with Gasteiger partial charge in [0.25, 0.3) is 0 Å². The predicted octanol–water partition coefficient (Wildman–Crippen LogP) is 2.27. The van der Waals surface area contributed by atoms with Gasteiger partial charge in [0.05, 0.1) is 18.7 Å². The van der Waals surface area contributed by atoms with E-state index in [4.69, 9.17) is 4.74 Å². The number of aromatic nitrogens is 2. The van der Waals surface area contributed by atoms with E-state index in [0.717, 1.165) is 27.8 Å². The second kappa shape index (κ2) is 7.46. The van der Waals surface area contributed by atoms with Crippen LogP contribution in [-0.4, -0.2) is 35.9 Å². The SMILES string of the molecule is COCc1c(Br)cccc1NC(=O)[C@H]1CNC[C@@H]1c1cnn(C)c1. The molecule has 0 spiro atoms. The number of hydrogen-bond acceptors (Lipinski definition) is 4. The number of nitrogens with zero attached hydrogens (tertiary/aromatic N) is 2. The zero-order valence-corrected chi connectivity index (χ0v) is 15.3. The van der Waals surface area contributed by atoms with Gasteiger partial charge in [-0.25, -0.2) is 0 Å². The number of methoxy groups -OCH3 is 1. The fourth-order valence-electron chi connectivity index (χ4n) is 3.13. The van der Waals surface area contributed by atoms with E-state index in [0.29, 0.717) is 13.2 Å². The zero-order chi connectivity index (χ0) is 17.1. The minimum absolute atomic E-state index is 0.0179. The van der Waals surface area contributed by atoms with Crippen molar-refractivity contribution in [3.05, 3.63) is 46.2 Å². The first-order chi connectivity index (χ1) is 11.6. The molecule has 0 radical (unpaired) electrons. The van der Waals surface area contributed by atoms with Gasteiger partial charge in [0.15, 0.2) is 0 Å². The zero-order valence-electron chi connectivity index (χ0n) is 13.8. The minimum Gasteiger partial charge on any atom is -0.380 e. The van der Waals surface area contributed by atoms with Crippen molar-refractivity contribution in [2.24, 2.45) is 13.0 Å². The Morgan fingerprint density at radius 2 is 2.33 bits per heavy atom. The molecule has 2 heterocycles. The van der Waals surface area contributed by atoms with Gasteiger partial charge in [-0.05, 0) is 17.7 Å². The number of nitrogens with one attached hydrogen (secondary N) is 2. The molecule has 7 heteroatoms. The first-order valence-corrected chi connectivity index (χ1v) is 8.66. The molecule has 1 amide bonds. The molecule has 1 saturated heterocycles. The average Bonchev–Trinajstić information content (AvgIpc) is 3.19. The van der Waals surface area contributed by atoms with Crippen molar-refractivity contribution >= 4 is 27.5 Å². The van der Waals surface area contributed by atoms with Crippen LogP contribution in [0.1, 0.15) is 17.0 Å². The number of carbonyl (C=O) groups excluding carboxylic acids is 1. The summed E-state index contributed by atoms with van der Waals surface area (Å²) in [6, 6.07) is 5.75. The predicted molar refractivity (Wildman–Crippen MR) is 95.8 cm³/mol. The van der Waals surface area contributed by atoms with E-state index in [9.17, 15) is 4.79 Å². The molecule has 1 aromatic heterocycles. The van der Waals surface area contributed by atoms with Crippen molar-refractivity contribution in [2.45, 2.75) is 12.5 Å². The van der Waals surface area contributed by atoms with Crippen molar-refractivity contribution in [2.75, 3.05) is 25.5 Å². The van der Waals surface area contributed by atoms with Crippen molar-refractivity contribution in [1.29, 1.82) is 0 Å². The molecule has 1 fully saturated rings. The molecular weight excluding hydrogens is 372 g/mol. The van der Waals surface area contributed by atoms with E-state index in [1.54, 1.807) is 11.8 Å². The number of carbonyl (C=O) groups is 1. The van der Waals surface area contributed by atoms with Gasteiger partial charge in [0.2, 0.25) is 5.91 Å². The van der Waals surface area contributed by atoms with Gasteiger partial charge < -0.3 is 15.4 Å². The summed E-state index contributed by atoms with van der Waals surface area (Å²) < 4.78 is 7.94. The van der Waals surface area contributed by atoms with Crippen LogP contribution < -0.4 is 10.6 Å². The average molecular weight is 393 g/mol. The van der Waals surface area contributed by atoms with Crippen LogP contribution in [0.3, 0.4) is 0 Å². The van der Waals surface area contributed by atoms with Crippen LogP contribution in [0.25, 0.3) is 0 Å². The lowest BCUT2D eigenvalue weighted by Crippen LogP contribution is -2.28. The molecule has 1 aromatic carbocycles. The topological polar surface area (TPSA) is 68.2 Å². The maximum absolute atomic E-state index is 12.8. The van der Waals surface area contributed by atoms with Crippen LogP contribution in [0.2, 0.25) is 0 Å². The summed E-state index contributed by atoms with van der Waals surface area (Å²) in [5, 5.41) is 10.6. The molecule has 128 valence electrons. The monoisotopic (exact) mass is 392 g/mol. The van der Waals surface area contributed by atoms with Crippen LogP contribution >= 0.6 is 15.9 Å². The third-order valence-electron chi connectivity index (χ3n) is 4.37. The summed E-state index contributed by atoms with van der Waals surface area (Å²) in [6.45, 7) is 1.89. The van der Waals surface area contributed by atoms with Gasteiger partial charge in [-0.15, -0.1) is 0 Å². The molecule has 0 saturated carbocycles. The summed E-state index contributed by atoms with van der Waals surface area (Å²) >= 11 is 3.52. The molecule has 6 nitrogen and oxygen atoms in total. The molecule has 24 heavy (non-hydrogen) atoms. The second-order valence-electron chi connectivity index (χ2n) is 6.01. The van der Waals surface area contributed by atoms with Crippen molar-refractivity contribution < 1.29 is 9.53 Å². The van der Waals surface area contributed by atoms with Gasteiger partial charge in [0, 0.05) is 55.1 Å². The first-order valence-electron chi connectivity index (χ1n) is 7.86. The quantitative estimate of drug-likeness (QED) is 0.818. The molecular formula is C17H21BrN4O2. The fraction of sp³-hybridized carbons (Fsp3) is 0.412. The number of amides is 1. The molecule has 2 atom stereocenters. The Labute approximate surface area is 149 Å². The number of rotatable bonds is 5. The molecule has 2 N–H and O–H groups in total. The third-order valence-corrected chi connectivity index (χ3v) is 5.11. The highest BCUT2D eigenvalue weighted by Gasteiger charge is 2.35. The summed E-state index contributed by atoms with van der Waals surface area (Å²) in [6.07, 6.45) is 3.82. The van der Waals surface area contributed by atoms with Crippen LogP contribution in [0, 0.1) is 5.92 Å². The summed E-state index contributed by atoms with van der Waals surface area (Å²) in [7, 11) is 3.53. The molecule has 1 aliphatic heterocycles. The van der Waals surface area contributed by atoms with Crippen molar-refractivity contribution in [3.8, 4) is 0 Å².